The molecule has 0 radical (unpaired) electrons. The summed E-state index contributed by atoms with van der Waals surface area (Å²) < 4.78 is 8.48. The highest BCUT2D eigenvalue weighted by Gasteiger charge is 2.42. The molecule has 2 fully saturated rings. The number of rotatable bonds is 6. The lowest BCUT2D eigenvalue weighted by Gasteiger charge is -2.23. The van der Waals surface area contributed by atoms with Gasteiger partial charge in [0.25, 0.3) is 0 Å². The normalized spacial score (nSPS) is 24.2. The average Bonchev–Trinajstić information content (AvgIpc) is 3.15. The molecule has 1 aliphatic carbocycles. The SMILES string of the molecule is CCCNCc1cn(CC2CCC3(CCCC3)O2)nc1C. The van der Waals surface area contributed by atoms with Gasteiger partial charge in [-0.25, -0.2) is 0 Å². The first-order valence-electron chi connectivity index (χ1n) is 8.62. The molecule has 2 aliphatic rings. The summed E-state index contributed by atoms with van der Waals surface area (Å²) in [7, 11) is 0. The van der Waals surface area contributed by atoms with Crippen LogP contribution in [0.1, 0.15) is 63.1 Å². The van der Waals surface area contributed by atoms with Crippen LogP contribution >= 0.6 is 0 Å². The van der Waals surface area contributed by atoms with E-state index < -0.39 is 0 Å². The Morgan fingerprint density at radius 3 is 2.95 bits per heavy atom. The van der Waals surface area contributed by atoms with Crippen molar-refractivity contribution in [3.05, 3.63) is 17.5 Å². The van der Waals surface area contributed by atoms with Gasteiger partial charge in [-0.3, -0.25) is 4.68 Å². The first-order chi connectivity index (χ1) is 10.2. The van der Waals surface area contributed by atoms with Gasteiger partial charge in [-0.2, -0.15) is 5.10 Å². The molecule has 2 heterocycles. The van der Waals surface area contributed by atoms with Gasteiger partial charge in [-0.05, 0) is 45.6 Å². The topological polar surface area (TPSA) is 39.1 Å². The molecule has 1 saturated carbocycles. The number of nitrogens with zero attached hydrogens (tertiary/aromatic N) is 2. The number of nitrogens with one attached hydrogen (secondary N) is 1. The van der Waals surface area contributed by atoms with E-state index in [2.05, 4.69) is 35.1 Å². The minimum absolute atomic E-state index is 0.234. The van der Waals surface area contributed by atoms with Crippen molar-refractivity contribution in [3.8, 4) is 0 Å². The maximum absolute atomic E-state index is 6.39. The molecule has 4 heteroatoms. The third-order valence-corrected chi connectivity index (χ3v) is 5.03. The molecule has 1 aliphatic heterocycles. The summed E-state index contributed by atoms with van der Waals surface area (Å²) in [5, 5.41) is 8.12. The Kier molecular flexibility index (Phi) is 4.65. The second-order valence-electron chi connectivity index (χ2n) is 6.81. The summed E-state index contributed by atoms with van der Waals surface area (Å²) in [5.41, 5.74) is 2.70. The highest BCUT2D eigenvalue weighted by atomic mass is 16.5. The smallest absolute Gasteiger partial charge is 0.0779 e. The molecule has 4 nitrogen and oxygen atoms in total. The van der Waals surface area contributed by atoms with Crippen molar-refractivity contribution in [3.63, 3.8) is 0 Å². The Morgan fingerprint density at radius 1 is 1.38 bits per heavy atom. The van der Waals surface area contributed by atoms with Gasteiger partial charge in [0.1, 0.15) is 0 Å². The van der Waals surface area contributed by atoms with Crippen molar-refractivity contribution < 1.29 is 4.74 Å². The first-order valence-corrected chi connectivity index (χ1v) is 8.62. The molecule has 0 aromatic carbocycles. The molecule has 21 heavy (non-hydrogen) atoms. The summed E-state index contributed by atoms with van der Waals surface area (Å²) in [6.45, 7) is 7.21. The average molecular weight is 291 g/mol. The lowest BCUT2D eigenvalue weighted by atomic mass is 9.98. The lowest BCUT2D eigenvalue weighted by Crippen LogP contribution is -2.26. The molecule has 1 N–H and O–H groups in total. The van der Waals surface area contributed by atoms with Crippen LogP contribution in [-0.4, -0.2) is 28.0 Å². The highest BCUT2D eigenvalue weighted by molar-refractivity contribution is 5.15. The van der Waals surface area contributed by atoms with Gasteiger partial charge in [0.2, 0.25) is 0 Å². The zero-order valence-electron chi connectivity index (χ0n) is 13.5. The maximum atomic E-state index is 6.39. The van der Waals surface area contributed by atoms with Gasteiger partial charge in [0.15, 0.2) is 0 Å². The van der Waals surface area contributed by atoms with E-state index >= 15 is 0 Å². The summed E-state index contributed by atoms with van der Waals surface area (Å²) in [4.78, 5) is 0. The minimum atomic E-state index is 0.234. The lowest BCUT2D eigenvalue weighted by molar-refractivity contribution is -0.0429. The molecular formula is C17H29N3O. The van der Waals surface area contributed by atoms with Crippen LogP contribution in [0, 0.1) is 6.92 Å². The van der Waals surface area contributed by atoms with E-state index in [1.165, 1.54) is 50.5 Å². The van der Waals surface area contributed by atoms with Gasteiger partial charge < -0.3 is 10.1 Å². The standard InChI is InChI=1S/C17H29N3O/c1-3-10-18-11-15-12-20(19-14(15)2)13-16-6-9-17(21-16)7-4-5-8-17/h12,16,18H,3-11,13H2,1-2H3. The Morgan fingerprint density at radius 2 is 2.19 bits per heavy atom. The summed E-state index contributed by atoms with van der Waals surface area (Å²) in [6.07, 6.45) is 11.4. The van der Waals surface area contributed by atoms with Crippen LogP contribution in [0.3, 0.4) is 0 Å². The number of hydrogen-bond acceptors (Lipinski definition) is 3. The number of aromatic nitrogens is 2. The maximum Gasteiger partial charge on any atom is 0.0779 e. The predicted octanol–water partition coefficient (Wildman–Crippen LogP) is 3.18. The van der Waals surface area contributed by atoms with Crippen LogP contribution < -0.4 is 5.32 Å². The van der Waals surface area contributed by atoms with Gasteiger partial charge in [0, 0.05) is 18.3 Å². The third kappa shape index (κ3) is 3.49. The molecule has 1 aromatic rings. The molecular weight excluding hydrogens is 262 g/mol. The van der Waals surface area contributed by atoms with Crippen molar-refractivity contribution in [2.24, 2.45) is 0 Å². The summed E-state index contributed by atoms with van der Waals surface area (Å²) in [5.74, 6) is 0. The molecule has 1 saturated heterocycles. The summed E-state index contributed by atoms with van der Waals surface area (Å²) >= 11 is 0. The van der Waals surface area contributed by atoms with E-state index in [0.717, 1.165) is 25.3 Å². The molecule has 1 aromatic heterocycles. The quantitative estimate of drug-likeness (QED) is 0.818. The van der Waals surface area contributed by atoms with Crippen LogP contribution in [0.25, 0.3) is 0 Å². The second-order valence-corrected chi connectivity index (χ2v) is 6.81. The van der Waals surface area contributed by atoms with E-state index in [9.17, 15) is 0 Å². The Hall–Kier alpha value is -0.870. The molecule has 0 bridgehead atoms. The summed E-state index contributed by atoms with van der Waals surface area (Å²) in [6, 6.07) is 0. The van der Waals surface area contributed by atoms with Gasteiger partial charge in [-0.1, -0.05) is 19.8 Å². The van der Waals surface area contributed by atoms with Crippen molar-refractivity contribution in [2.45, 2.75) is 83.6 Å². The zero-order chi connectivity index (χ0) is 14.7. The molecule has 0 amide bonds. The minimum Gasteiger partial charge on any atom is -0.370 e. The van der Waals surface area contributed by atoms with Crippen molar-refractivity contribution >= 4 is 0 Å². The Bertz CT molecular complexity index is 463. The predicted molar refractivity (Wildman–Crippen MR) is 84.3 cm³/mol. The van der Waals surface area contributed by atoms with Crippen LogP contribution in [0.2, 0.25) is 0 Å². The van der Waals surface area contributed by atoms with E-state index in [0.29, 0.717) is 6.10 Å². The third-order valence-electron chi connectivity index (χ3n) is 5.03. The van der Waals surface area contributed by atoms with E-state index in [-0.39, 0.29) is 5.60 Å². The molecule has 1 atom stereocenters. The molecule has 3 rings (SSSR count). The number of hydrogen-bond donors (Lipinski definition) is 1. The number of aryl methyl sites for hydroxylation is 1. The van der Waals surface area contributed by atoms with Crippen molar-refractivity contribution in [2.75, 3.05) is 6.54 Å². The first kappa shape index (κ1) is 15.0. The second kappa shape index (κ2) is 6.49. The highest BCUT2D eigenvalue weighted by Crippen LogP contribution is 2.43. The largest absolute Gasteiger partial charge is 0.370 e. The fraction of sp³-hybridized carbons (Fsp3) is 0.824. The van der Waals surface area contributed by atoms with E-state index in [1.54, 1.807) is 0 Å². The van der Waals surface area contributed by atoms with Crippen molar-refractivity contribution in [1.82, 2.24) is 15.1 Å². The van der Waals surface area contributed by atoms with Crippen LogP contribution in [-0.2, 0) is 17.8 Å². The van der Waals surface area contributed by atoms with Crippen LogP contribution in [0.15, 0.2) is 6.20 Å². The molecule has 1 unspecified atom stereocenters. The van der Waals surface area contributed by atoms with E-state index in [4.69, 9.17) is 4.74 Å². The van der Waals surface area contributed by atoms with Gasteiger partial charge in [-0.15, -0.1) is 0 Å². The van der Waals surface area contributed by atoms with Gasteiger partial charge >= 0.3 is 0 Å². The Labute approximate surface area is 128 Å². The fourth-order valence-electron chi connectivity index (χ4n) is 3.85. The monoisotopic (exact) mass is 291 g/mol. The fourth-order valence-corrected chi connectivity index (χ4v) is 3.85. The van der Waals surface area contributed by atoms with Crippen molar-refractivity contribution in [1.29, 1.82) is 0 Å². The Balaban J connectivity index is 1.54. The zero-order valence-corrected chi connectivity index (χ0v) is 13.5. The number of ether oxygens (including phenoxy) is 1. The van der Waals surface area contributed by atoms with Crippen LogP contribution in [0.5, 0.6) is 0 Å². The molecule has 118 valence electrons. The van der Waals surface area contributed by atoms with Gasteiger partial charge in [0.05, 0.1) is 23.9 Å². The van der Waals surface area contributed by atoms with E-state index in [1.807, 2.05) is 0 Å². The molecule has 1 spiro atoms. The van der Waals surface area contributed by atoms with Crippen LogP contribution in [0.4, 0.5) is 0 Å².